The Morgan fingerprint density at radius 2 is 1.82 bits per heavy atom. The third kappa shape index (κ3) is 6.29. The van der Waals surface area contributed by atoms with Gasteiger partial charge in [0.2, 0.25) is 5.95 Å². The Hall–Kier alpha value is -3.03. The van der Waals surface area contributed by atoms with Crippen LogP contribution in [0.3, 0.4) is 0 Å². The van der Waals surface area contributed by atoms with Gasteiger partial charge in [-0.1, -0.05) is 25.1 Å². The molecule has 0 radical (unpaired) electrons. The Morgan fingerprint density at radius 3 is 2.57 bits per heavy atom. The van der Waals surface area contributed by atoms with Crippen LogP contribution >= 0.6 is 0 Å². The first-order valence-corrected chi connectivity index (χ1v) is 9.46. The minimum absolute atomic E-state index is 0.143. The highest BCUT2D eigenvalue weighted by Crippen LogP contribution is 2.25. The Morgan fingerprint density at radius 1 is 1.07 bits per heavy atom. The number of hydrogen-bond acceptors (Lipinski definition) is 8. The van der Waals surface area contributed by atoms with Gasteiger partial charge in [-0.25, -0.2) is 4.98 Å². The van der Waals surface area contributed by atoms with E-state index in [2.05, 4.69) is 9.97 Å². The molecule has 28 heavy (non-hydrogen) atoms. The van der Waals surface area contributed by atoms with Crippen LogP contribution in [-0.4, -0.2) is 35.8 Å². The third-order valence-electron chi connectivity index (χ3n) is 3.98. The molecule has 0 aliphatic rings. The summed E-state index contributed by atoms with van der Waals surface area (Å²) in [6.07, 6.45) is 2.20. The average Bonchev–Trinajstić information content (AvgIpc) is 2.68. The summed E-state index contributed by atoms with van der Waals surface area (Å²) in [5.41, 5.74) is 13.2. The number of anilines is 2. The largest absolute Gasteiger partial charge is 0.493 e. The van der Waals surface area contributed by atoms with Gasteiger partial charge in [0.15, 0.2) is 11.6 Å². The molecule has 1 aromatic heterocycles. The zero-order valence-electron chi connectivity index (χ0n) is 16.4. The van der Waals surface area contributed by atoms with E-state index in [1.807, 2.05) is 31.2 Å². The van der Waals surface area contributed by atoms with Gasteiger partial charge in [-0.3, -0.25) is 4.79 Å². The number of aryl methyl sites for hydroxylation is 2. The van der Waals surface area contributed by atoms with Crippen molar-refractivity contribution in [1.82, 2.24) is 9.97 Å². The lowest BCUT2D eigenvalue weighted by Crippen LogP contribution is -2.11. The van der Waals surface area contributed by atoms with Crippen LogP contribution in [0.2, 0.25) is 0 Å². The number of ether oxygens (including phenoxy) is 3. The SMILES string of the molecule is CCOC(=O)CCc1ccccc1OCCCOc1c(N)nc(N)nc1CC. The van der Waals surface area contributed by atoms with Crippen molar-refractivity contribution in [3.8, 4) is 11.5 Å². The molecule has 8 heteroatoms. The first kappa shape index (κ1) is 21.3. The number of esters is 1. The minimum atomic E-state index is -0.208. The molecule has 0 aliphatic heterocycles. The first-order chi connectivity index (χ1) is 13.5. The minimum Gasteiger partial charge on any atom is -0.493 e. The van der Waals surface area contributed by atoms with E-state index in [4.69, 9.17) is 25.7 Å². The van der Waals surface area contributed by atoms with Crippen molar-refractivity contribution in [2.75, 3.05) is 31.3 Å². The number of para-hydroxylation sites is 1. The van der Waals surface area contributed by atoms with Crippen LogP contribution in [0.4, 0.5) is 11.8 Å². The quantitative estimate of drug-likeness (QED) is 0.445. The van der Waals surface area contributed by atoms with Crippen LogP contribution in [0.5, 0.6) is 11.5 Å². The molecule has 0 spiro atoms. The lowest BCUT2D eigenvalue weighted by atomic mass is 10.1. The number of benzene rings is 1. The fraction of sp³-hybridized carbons (Fsp3) is 0.450. The number of nitrogen functional groups attached to an aromatic ring is 2. The zero-order valence-corrected chi connectivity index (χ0v) is 16.4. The zero-order chi connectivity index (χ0) is 20.4. The fourth-order valence-corrected chi connectivity index (χ4v) is 2.67. The monoisotopic (exact) mass is 388 g/mol. The molecule has 0 saturated heterocycles. The van der Waals surface area contributed by atoms with Gasteiger partial charge in [0, 0.05) is 12.8 Å². The number of nitrogens with zero attached hydrogens (tertiary/aromatic N) is 2. The van der Waals surface area contributed by atoms with Crippen LogP contribution < -0.4 is 20.9 Å². The number of carbonyl (C=O) groups is 1. The van der Waals surface area contributed by atoms with Crippen molar-refractivity contribution in [1.29, 1.82) is 0 Å². The topological polar surface area (TPSA) is 123 Å². The second-order valence-electron chi connectivity index (χ2n) is 6.06. The van der Waals surface area contributed by atoms with Crippen molar-refractivity contribution in [2.24, 2.45) is 0 Å². The van der Waals surface area contributed by atoms with Crippen molar-refractivity contribution < 1.29 is 19.0 Å². The molecule has 0 fully saturated rings. The van der Waals surface area contributed by atoms with Gasteiger partial charge in [-0.15, -0.1) is 0 Å². The van der Waals surface area contributed by atoms with Crippen LogP contribution in [0.15, 0.2) is 24.3 Å². The van der Waals surface area contributed by atoms with E-state index in [0.29, 0.717) is 56.9 Å². The molecule has 1 heterocycles. The maximum absolute atomic E-state index is 11.6. The highest BCUT2D eigenvalue weighted by Gasteiger charge is 2.12. The number of hydrogen-bond donors (Lipinski definition) is 2. The molecule has 0 saturated carbocycles. The summed E-state index contributed by atoms with van der Waals surface area (Å²) in [7, 11) is 0. The maximum Gasteiger partial charge on any atom is 0.306 e. The molecule has 0 amide bonds. The summed E-state index contributed by atoms with van der Waals surface area (Å²) >= 11 is 0. The summed E-state index contributed by atoms with van der Waals surface area (Å²) in [5, 5.41) is 0. The number of carbonyl (C=O) groups excluding carboxylic acids is 1. The highest BCUT2D eigenvalue weighted by atomic mass is 16.5. The molecule has 152 valence electrons. The van der Waals surface area contributed by atoms with E-state index in [1.165, 1.54) is 0 Å². The molecule has 0 atom stereocenters. The summed E-state index contributed by atoms with van der Waals surface area (Å²) in [6, 6.07) is 7.67. The predicted octanol–water partition coefficient (Wildman–Crippen LogP) is 2.55. The summed E-state index contributed by atoms with van der Waals surface area (Å²) in [4.78, 5) is 19.6. The van der Waals surface area contributed by atoms with E-state index in [-0.39, 0.29) is 17.7 Å². The Labute approximate surface area is 165 Å². The van der Waals surface area contributed by atoms with Crippen LogP contribution in [0.25, 0.3) is 0 Å². The predicted molar refractivity (Wildman–Crippen MR) is 107 cm³/mol. The van der Waals surface area contributed by atoms with Crippen molar-refractivity contribution >= 4 is 17.7 Å². The molecule has 8 nitrogen and oxygen atoms in total. The molecule has 0 unspecified atom stereocenters. The third-order valence-corrected chi connectivity index (χ3v) is 3.98. The highest BCUT2D eigenvalue weighted by molar-refractivity contribution is 5.69. The van der Waals surface area contributed by atoms with E-state index in [9.17, 15) is 4.79 Å². The summed E-state index contributed by atoms with van der Waals surface area (Å²) in [5.74, 6) is 1.42. The average molecular weight is 388 g/mol. The molecular weight excluding hydrogens is 360 g/mol. The second kappa shape index (κ2) is 11.0. The van der Waals surface area contributed by atoms with Gasteiger partial charge in [-0.2, -0.15) is 4.98 Å². The van der Waals surface area contributed by atoms with Gasteiger partial charge in [0.05, 0.1) is 25.5 Å². The van der Waals surface area contributed by atoms with E-state index >= 15 is 0 Å². The van der Waals surface area contributed by atoms with Gasteiger partial charge in [-0.05, 0) is 31.4 Å². The smallest absolute Gasteiger partial charge is 0.306 e. The van der Waals surface area contributed by atoms with Crippen LogP contribution in [0, 0.1) is 0 Å². The van der Waals surface area contributed by atoms with Crippen LogP contribution in [-0.2, 0) is 22.4 Å². The van der Waals surface area contributed by atoms with Gasteiger partial charge in [0.1, 0.15) is 5.75 Å². The molecule has 2 aromatic rings. The first-order valence-electron chi connectivity index (χ1n) is 9.46. The Balaban J connectivity index is 1.82. The lowest BCUT2D eigenvalue weighted by molar-refractivity contribution is -0.143. The summed E-state index contributed by atoms with van der Waals surface area (Å²) < 4.78 is 16.6. The van der Waals surface area contributed by atoms with Gasteiger partial charge < -0.3 is 25.7 Å². The molecule has 0 aliphatic carbocycles. The summed E-state index contributed by atoms with van der Waals surface area (Å²) in [6.45, 7) is 5.01. The molecule has 0 bridgehead atoms. The van der Waals surface area contributed by atoms with Crippen molar-refractivity contribution in [3.63, 3.8) is 0 Å². The molecular formula is C20H28N4O4. The second-order valence-corrected chi connectivity index (χ2v) is 6.06. The molecule has 4 N–H and O–H groups in total. The van der Waals surface area contributed by atoms with Crippen molar-refractivity contribution in [2.45, 2.75) is 39.5 Å². The van der Waals surface area contributed by atoms with Gasteiger partial charge >= 0.3 is 5.97 Å². The Kier molecular flexibility index (Phi) is 8.33. The number of rotatable bonds is 11. The molecule has 1 aromatic carbocycles. The fourth-order valence-electron chi connectivity index (χ4n) is 2.67. The Bertz CT molecular complexity index is 783. The van der Waals surface area contributed by atoms with E-state index < -0.39 is 0 Å². The normalized spacial score (nSPS) is 10.5. The number of aromatic nitrogens is 2. The van der Waals surface area contributed by atoms with Crippen molar-refractivity contribution in [3.05, 3.63) is 35.5 Å². The van der Waals surface area contributed by atoms with E-state index in [1.54, 1.807) is 6.92 Å². The standard InChI is InChI=1S/C20H28N4O4/c1-3-15-18(19(21)24-20(22)23-15)28-13-7-12-27-16-9-6-5-8-14(16)10-11-17(25)26-4-2/h5-6,8-9H,3-4,7,10-13H2,1-2H3,(H4,21,22,23,24). The number of nitrogens with two attached hydrogens (primary N) is 2. The van der Waals surface area contributed by atoms with E-state index in [0.717, 1.165) is 11.3 Å². The lowest BCUT2D eigenvalue weighted by Gasteiger charge is -2.13. The van der Waals surface area contributed by atoms with Gasteiger partial charge in [0.25, 0.3) is 0 Å². The molecule has 2 rings (SSSR count). The van der Waals surface area contributed by atoms with Crippen LogP contribution in [0.1, 0.15) is 37.9 Å². The maximum atomic E-state index is 11.6.